The molecule has 2 aromatic carbocycles. The Bertz CT molecular complexity index is 1080. The van der Waals surface area contributed by atoms with E-state index in [4.69, 9.17) is 9.47 Å². The van der Waals surface area contributed by atoms with Gasteiger partial charge in [-0.1, -0.05) is 13.3 Å². The van der Waals surface area contributed by atoms with Crippen LogP contribution in [0.2, 0.25) is 0 Å². The van der Waals surface area contributed by atoms with E-state index >= 15 is 0 Å². The Morgan fingerprint density at radius 1 is 1.03 bits per heavy atom. The number of amides is 1. The lowest BCUT2D eigenvalue weighted by atomic mass is 10.1. The number of anilines is 1. The van der Waals surface area contributed by atoms with Crippen molar-refractivity contribution in [3.63, 3.8) is 0 Å². The minimum absolute atomic E-state index is 0.0493. The molecule has 1 saturated heterocycles. The lowest BCUT2D eigenvalue weighted by molar-refractivity contribution is 0.0499. The Kier molecular flexibility index (Phi) is 8.32. The number of hydrogen-bond acceptors (Lipinski definition) is 6. The summed E-state index contributed by atoms with van der Waals surface area (Å²) >= 11 is 0. The minimum atomic E-state index is -3.97. The first-order valence-corrected chi connectivity index (χ1v) is 12.6. The number of carbonyl (C=O) groups is 2. The summed E-state index contributed by atoms with van der Waals surface area (Å²) in [6.45, 7) is 3.64. The van der Waals surface area contributed by atoms with Crippen molar-refractivity contribution in [1.82, 2.24) is 4.90 Å². The van der Waals surface area contributed by atoms with Gasteiger partial charge >= 0.3 is 5.97 Å². The highest BCUT2D eigenvalue weighted by atomic mass is 32.2. The maximum Gasteiger partial charge on any atom is 0.338 e. The van der Waals surface area contributed by atoms with Crippen LogP contribution in [-0.4, -0.2) is 52.0 Å². The van der Waals surface area contributed by atoms with Gasteiger partial charge in [0.25, 0.3) is 15.9 Å². The van der Waals surface area contributed by atoms with Gasteiger partial charge in [-0.15, -0.1) is 0 Å². The van der Waals surface area contributed by atoms with Gasteiger partial charge in [0.2, 0.25) is 0 Å². The molecular weight excluding hydrogens is 444 g/mol. The number of sulfonamides is 1. The molecule has 0 saturated carbocycles. The van der Waals surface area contributed by atoms with Gasteiger partial charge < -0.3 is 14.4 Å². The number of nitrogens with one attached hydrogen (secondary N) is 1. The van der Waals surface area contributed by atoms with Crippen molar-refractivity contribution in [3.05, 3.63) is 53.6 Å². The van der Waals surface area contributed by atoms with E-state index in [-0.39, 0.29) is 16.4 Å². The van der Waals surface area contributed by atoms with E-state index in [9.17, 15) is 18.0 Å². The van der Waals surface area contributed by atoms with Gasteiger partial charge in [0.05, 0.1) is 29.7 Å². The summed E-state index contributed by atoms with van der Waals surface area (Å²) < 4.78 is 38.9. The second-order valence-electron chi connectivity index (χ2n) is 7.89. The van der Waals surface area contributed by atoms with Crippen molar-refractivity contribution in [2.75, 3.05) is 31.5 Å². The average Bonchev–Trinajstić information content (AvgIpc) is 2.84. The second kappa shape index (κ2) is 11.2. The van der Waals surface area contributed by atoms with Gasteiger partial charge in [-0.3, -0.25) is 9.52 Å². The Balaban J connectivity index is 1.77. The number of nitrogens with zero attached hydrogens (tertiary/aromatic N) is 1. The highest BCUT2D eigenvalue weighted by molar-refractivity contribution is 7.92. The van der Waals surface area contributed by atoms with Crippen LogP contribution in [0, 0.1) is 0 Å². The van der Waals surface area contributed by atoms with E-state index in [1.165, 1.54) is 49.6 Å². The summed E-state index contributed by atoms with van der Waals surface area (Å²) in [6.07, 6.45) is 4.64. The molecular formula is C24H30N2O6S. The maximum atomic E-state index is 13.0. The maximum absolute atomic E-state index is 13.0. The molecule has 1 aliphatic heterocycles. The minimum Gasteiger partial charge on any atom is -0.496 e. The SMILES string of the molecule is CCCCOC(=O)c1ccc(NS(=O)(=O)c2ccc(OC)c(C(=O)N3CCCCC3)c2)cc1. The fraction of sp³-hybridized carbons (Fsp3) is 0.417. The molecule has 1 aliphatic rings. The molecule has 0 aliphatic carbocycles. The fourth-order valence-electron chi connectivity index (χ4n) is 3.57. The highest BCUT2D eigenvalue weighted by Gasteiger charge is 2.24. The van der Waals surface area contributed by atoms with Gasteiger partial charge in [0, 0.05) is 18.8 Å². The van der Waals surface area contributed by atoms with Crippen LogP contribution in [0.1, 0.15) is 59.7 Å². The predicted molar refractivity (Wildman–Crippen MR) is 125 cm³/mol. The van der Waals surface area contributed by atoms with Gasteiger partial charge in [0.15, 0.2) is 0 Å². The molecule has 0 aromatic heterocycles. The summed E-state index contributed by atoms with van der Waals surface area (Å²) in [6, 6.07) is 10.2. The Morgan fingerprint density at radius 2 is 1.73 bits per heavy atom. The molecule has 1 amide bonds. The number of ether oxygens (including phenoxy) is 2. The first-order chi connectivity index (χ1) is 15.9. The molecule has 33 heavy (non-hydrogen) atoms. The molecule has 178 valence electrons. The number of rotatable bonds is 9. The zero-order chi connectivity index (χ0) is 23.8. The summed E-state index contributed by atoms with van der Waals surface area (Å²) in [5.41, 5.74) is 0.847. The van der Waals surface area contributed by atoms with Crippen molar-refractivity contribution in [2.24, 2.45) is 0 Å². The van der Waals surface area contributed by atoms with Crippen LogP contribution in [0.15, 0.2) is 47.4 Å². The third-order valence-corrected chi connectivity index (χ3v) is 6.84. The van der Waals surface area contributed by atoms with Crippen molar-refractivity contribution >= 4 is 27.6 Å². The van der Waals surface area contributed by atoms with Crippen LogP contribution < -0.4 is 9.46 Å². The predicted octanol–water partition coefficient (Wildman–Crippen LogP) is 4.08. The van der Waals surface area contributed by atoms with Crippen LogP contribution in [-0.2, 0) is 14.8 Å². The topological polar surface area (TPSA) is 102 Å². The Hall–Kier alpha value is -3.07. The number of carbonyl (C=O) groups excluding carboxylic acids is 2. The quantitative estimate of drug-likeness (QED) is 0.434. The summed E-state index contributed by atoms with van der Waals surface area (Å²) in [5, 5.41) is 0. The van der Waals surface area contributed by atoms with Crippen molar-refractivity contribution < 1.29 is 27.5 Å². The van der Waals surface area contributed by atoms with Crippen LogP contribution in [0.5, 0.6) is 5.75 Å². The Morgan fingerprint density at radius 3 is 2.36 bits per heavy atom. The molecule has 0 bridgehead atoms. The van der Waals surface area contributed by atoms with E-state index in [1.807, 2.05) is 6.92 Å². The molecule has 9 heteroatoms. The van der Waals surface area contributed by atoms with Crippen molar-refractivity contribution in [2.45, 2.75) is 43.9 Å². The molecule has 1 heterocycles. The third-order valence-electron chi connectivity index (χ3n) is 5.46. The largest absolute Gasteiger partial charge is 0.496 e. The summed E-state index contributed by atoms with van der Waals surface area (Å²) in [4.78, 5) is 26.7. The highest BCUT2D eigenvalue weighted by Crippen LogP contribution is 2.26. The van der Waals surface area contributed by atoms with Crippen molar-refractivity contribution in [3.8, 4) is 5.75 Å². The molecule has 3 rings (SSSR count). The molecule has 0 unspecified atom stereocenters. The van der Waals surface area contributed by atoms with Crippen LogP contribution in [0.4, 0.5) is 5.69 Å². The molecule has 1 N–H and O–H groups in total. The Labute approximate surface area is 194 Å². The van der Waals surface area contributed by atoms with Crippen LogP contribution in [0.3, 0.4) is 0 Å². The average molecular weight is 475 g/mol. The number of likely N-dealkylation sites (tertiary alicyclic amines) is 1. The lowest BCUT2D eigenvalue weighted by Crippen LogP contribution is -2.35. The van der Waals surface area contributed by atoms with E-state index in [0.29, 0.717) is 36.7 Å². The molecule has 8 nitrogen and oxygen atoms in total. The first-order valence-electron chi connectivity index (χ1n) is 11.1. The monoisotopic (exact) mass is 474 g/mol. The van der Waals surface area contributed by atoms with E-state index in [1.54, 1.807) is 4.90 Å². The lowest BCUT2D eigenvalue weighted by Gasteiger charge is -2.27. The molecule has 0 spiro atoms. The number of esters is 1. The fourth-order valence-corrected chi connectivity index (χ4v) is 4.65. The van der Waals surface area contributed by atoms with Crippen LogP contribution in [0.25, 0.3) is 0 Å². The zero-order valence-electron chi connectivity index (χ0n) is 19.0. The van der Waals surface area contributed by atoms with E-state index in [2.05, 4.69) is 4.72 Å². The van der Waals surface area contributed by atoms with E-state index in [0.717, 1.165) is 32.1 Å². The number of benzene rings is 2. The summed E-state index contributed by atoms with van der Waals surface area (Å²) in [7, 11) is -2.52. The number of hydrogen-bond donors (Lipinski definition) is 1. The van der Waals surface area contributed by atoms with Gasteiger partial charge in [-0.2, -0.15) is 0 Å². The summed E-state index contributed by atoms with van der Waals surface area (Å²) in [5.74, 6) is -0.362. The second-order valence-corrected chi connectivity index (χ2v) is 9.57. The number of piperidine rings is 1. The zero-order valence-corrected chi connectivity index (χ0v) is 19.8. The molecule has 1 fully saturated rings. The van der Waals surface area contributed by atoms with Gasteiger partial charge in [0.1, 0.15) is 5.75 Å². The number of unbranched alkanes of at least 4 members (excludes halogenated alkanes) is 1. The smallest absolute Gasteiger partial charge is 0.338 e. The van der Waals surface area contributed by atoms with Gasteiger partial charge in [-0.05, 0) is 68.1 Å². The first kappa shape index (κ1) is 24.6. The molecule has 2 aromatic rings. The number of methoxy groups -OCH3 is 1. The third kappa shape index (κ3) is 6.25. The normalized spacial score (nSPS) is 13.9. The van der Waals surface area contributed by atoms with Crippen molar-refractivity contribution in [1.29, 1.82) is 0 Å². The van der Waals surface area contributed by atoms with E-state index < -0.39 is 16.0 Å². The standard InChI is InChI=1S/C24H30N2O6S/c1-3-4-16-32-24(28)18-8-10-19(11-9-18)25-33(29,30)20-12-13-22(31-2)21(17-20)23(27)26-14-6-5-7-15-26/h8-13,17,25H,3-7,14-16H2,1-2H3. The molecule has 0 atom stereocenters. The molecule has 0 radical (unpaired) electrons. The van der Waals surface area contributed by atoms with Gasteiger partial charge in [-0.25, -0.2) is 13.2 Å². The van der Waals surface area contributed by atoms with Crippen LogP contribution >= 0.6 is 0 Å².